The number of ether oxygens (including phenoxy) is 2. The van der Waals surface area contributed by atoms with Crippen molar-refractivity contribution in [1.82, 2.24) is 9.78 Å². The van der Waals surface area contributed by atoms with Crippen LogP contribution in [-0.2, 0) is 6.42 Å². The first kappa shape index (κ1) is 17.9. The molecule has 2 heterocycles. The van der Waals surface area contributed by atoms with Gasteiger partial charge in [0.05, 0.1) is 19.9 Å². The lowest BCUT2D eigenvalue weighted by Gasteiger charge is -2.10. The number of para-hydroxylation sites is 1. The molecule has 1 N–H and O–H groups in total. The minimum Gasteiger partial charge on any atom is -0.497 e. The van der Waals surface area contributed by atoms with Crippen molar-refractivity contribution in [3.63, 3.8) is 0 Å². The van der Waals surface area contributed by atoms with Gasteiger partial charge in [-0.25, -0.2) is 4.68 Å². The number of halogens is 1. The maximum atomic E-state index is 5.64. The molecule has 27 heavy (non-hydrogen) atoms. The van der Waals surface area contributed by atoms with E-state index in [0.717, 1.165) is 64.5 Å². The topological polar surface area (TPSA) is 48.3 Å². The summed E-state index contributed by atoms with van der Waals surface area (Å²) in [7, 11) is 3.34. The van der Waals surface area contributed by atoms with Crippen molar-refractivity contribution in [3.8, 4) is 28.4 Å². The van der Waals surface area contributed by atoms with Crippen LogP contribution in [0.2, 0.25) is 0 Å². The molecular weight excluding hydrogens is 406 g/mol. The fourth-order valence-corrected chi connectivity index (χ4v) is 3.96. The zero-order valence-electron chi connectivity index (χ0n) is 15.5. The lowest BCUT2D eigenvalue weighted by atomic mass is 10.0. The Bertz CT molecular complexity index is 968. The Morgan fingerprint density at radius 2 is 1.93 bits per heavy atom. The normalized spacial score (nSPS) is 13.4. The van der Waals surface area contributed by atoms with E-state index in [1.807, 2.05) is 41.1 Å². The van der Waals surface area contributed by atoms with Crippen LogP contribution in [0.4, 0.5) is 5.82 Å². The Morgan fingerprint density at radius 1 is 1.07 bits per heavy atom. The quantitative estimate of drug-likeness (QED) is 0.631. The smallest absolute Gasteiger partial charge is 0.133 e. The molecule has 6 heteroatoms. The molecule has 3 aromatic rings. The Morgan fingerprint density at radius 3 is 2.70 bits per heavy atom. The zero-order valence-corrected chi connectivity index (χ0v) is 17.0. The van der Waals surface area contributed by atoms with Crippen LogP contribution < -0.4 is 14.8 Å². The van der Waals surface area contributed by atoms with Crippen LogP contribution >= 0.6 is 15.9 Å². The fourth-order valence-electron chi connectivity index (χ4n) is 3.51. The number of hydrogen-bond donors (Lipinski definition) is 1. The summed E-state index contributed by atoms with van der Waals surface area (Å²) in [5.74, 6) is 2.59. The van der Waals surface area contributed by atoms with Crippen LogP contribution in [0.15, 0.2) is 46.9 Å². The second-order valence-corrected chi connectivity index (χ2v) is 7.34. The molecular formula is C21H22BrN3O2. The van der Waals surface area contributed by atoms with E-state index in [0.29, 0.717) is 0 Å². The van der Waals surface area contributed by atoms with Crippen LogP contribution in [0, 0.1) is 0 Å². The van der Waals surface area contributed by atoms with Gasteiger partial charge in [0, 0.05) is 28.2 Å². The summed E-state index contributed by atoms with van der Waals surface area (Å²) in [5, 5.41) is 8.59. The molecule has 0 bridgehead atoms. The molecule has 1 aromatic heterocycles. The predicted octanol–water partition coefficient (Wildman–Crippen LogP) is 5.07. The SMILES string of the molecule is COc1ccc(-c2nn(-c3ccccc3Br)c3c2CCCCN3)c(OC)c1. The fraction of sp³-hybridized carbons (Fsp3) is 0.286. The molecule has 0 saturated heterocycles. The van der Waals surface area contributed by atoms with Crippen LogP contribution in [0.5, 0.6) is 11.5 Å². The molecule has 0 radical (unpaired) electrons. The van der Waals surface area contributed by atoms with Crippen molar-refractivity contribution in [2.45, 2.75) is 19.3 Å². The van der Waals surface area contributed by atoms with Gasteiger partial charge in [-0.3, -0.25) is 0 Å². The lowest BCUT2D eigenvalue weighted by molar-refractivity contribution is 0.395. The number of benzene rings is 2. The molecule has 0 unspecified atom stereocenters. The summed E-state index contributed by atoms with van der Waals surface area (Å²) in [6, 6.07) is 14.0. The molecule has 140 valence electrons. The standard InChI is InChI=1S/C21H22BrN3O2/c1-26-14-10-11-15(19(13-14)27-2)20-16-7-5-6-12-23-21(16)25(24-20)18-9-4-3-8-17(18)22/h3-4,8-11,13,23H,5-7,12H2,1-2H3. The summed E-state index contributed by atoms with van der Waals surface area (Å²) in [4.78, 5) is 0. The maximum absolute atomic E-state index is 5.64. The molecule has 0 saturated carbocycles. The van der Waals surface area contributed by atoms with Crippen LogP contribution in [0.3, 0.4) is 0 Å². The van der Waals surface area contributed by atoms with Gasteiger partial charge in [0.1, 0.15) is 23.0 Å². The van der Waals surface area contributed by atoms with Gasteiger partial charge in [0.15, 0.2) is 0 Å². The average Bonchev–Trinajstić information content (AvgIpc) is 2.88. The number of nitrogens with one attached hydrogen (secondary N) is 1. The maximum Gasteiger partial charge on any atom is 0.133 e. The van der Waals surface area contributed by atoms with Gasteiger partial charge in [-0.1, -0.05) is 12.1 Å². The Labute approximate surface area is 167 Å². The first-order valence-electron chi connectivity index (χ1n) is 9.06. The van der Waals surface area contributed by atoms with Gasteiger partial charge in [0.2, 0.25) is 0 Å². The van der Waals surface area contributed by atoms with Crippen LogP contribution in [-0.4, -0.2) is 30.5 Å². The Hall–Kier alpha value is -2.47. The van der Waals surface area contributed by atoms with Gasteiger partial charge in [-0.2, -0.15) is 5.10 Å². The van der Waals surface area contributed by atoms with Crippen molar-refractivity contribution >= 4 is 21.7 Å². The van der Waals surface area contributed by atoms with E-state index in [1.54, 1.807) is 14.2 Å². The third kappa shape index (κ3) is 3.30. The summed E-state index contributed by atoms with van der Waals surface area (Å²) < 4.78 is 14.0. The summed E-state index contributed by atoms with van der Waals surface area (Å²) in [6.07, 6.45) is 3.26. The molecule has 1 aliphatic rings. The third-order valence-electron chi connectivity index (χ3n) is 4.87. The number of hydrogen-bond acceptors (Lipinski definition) is 4. The monoisotopic (exact) mass is 427 g/mol. The number of fused-ring (bicyclic) bond motifs is 1. The number of rotatable bonds is 4. The number of aromatic nitrogens is 2. The van der Waals surface area contributed by atoms with Crippen molar-refractivity contribution in [2.24, 2.45) is 0 Å². The highest BCUT2D eigenvalue weighted by atomic mass is 79.9. The van der Waals surface area contributed by atoms with Crippen molar-refractivity contribution in [2.75, 3.05) is 26.1 Å². The Balaban J connectivity index is 1.93. The Kier molecular flexibility index (Phi) is 5.07. The first-order chi connectivity index (χ1) is 13.2. The van der Waals surface area contributed by atoms with E-state index in [-0.39, 0.29) is 0 Å². The minimum atomic E-state index is 0.762. The van der Waals surface area contributed by atoms with Crippen molar-refractivity contribution < 1.29 is 9.47 Å². The molecule has 0 atom stereocenters. The van der Waals surface area contributed by atoms with Crippen molar-refractivity contribution in [3.05, 3.63) is 52.5 Å². The number of methoxy groups -OCH3 is 2. The summed E-state index contributed by atoms with van der Waals surface area (Å²) in [6.45, 7) is 0.947. The highest BCUT2D eigenvalue weighted by Gasteiger charge is 2.24. The van der Waals surface area contributed by atoms with Gasteiger partial charge in [-0.05, 0) is 59.5 Å². The second-order valence-electron chi connectivity index (χ2n) is 6.49. The van der Waals surface area contributed by atoms with Gasteiger partial charge >= 0.3 is 0 Å². The van der Waals surface area contributed by atoms with E-state index in [9.17, 15) is 0 Å². The third-order valence-corrected chi connectivity index (χ3v) is 5.54. The highest BCUT2D eigenvalue weighted by Crippen LogP contribution is 2.40. The van der Waals surface area contributed by atoms with E-state index in [2.05, 4.69) is 27.3 Å². The van der Waals surface area contributed by atoms with E-state index < -0.39 is 0 Å². The van der Waals surface area contributed by atoms with Gasteiger partial charge < -0.3 is 14.8 Å². The average molecular weight is 428 g/mol. The van der Waals surface area contributed by atoms with Crippen LogP contribution in [0.1, 0.15) is 18.4 Å². The van der Waals surface area contributed by atoms with E-state index in [4.69, 9.17) is 14.6 Å². The first-order valence-corrected chi connectivity index (χ1v) is 9.85. The largest absolute Gasteiger partial charge is 0.497 e. The van der Waals surface area contributed by atoms with Crippen LogP contribution in [0.25, 0.3) is 16.9 Å². The molecule has 0 aliphatic carbocycles. The summed E-state index contributed by atoms with van der Waals surface area (Å²) in [5.41, 5.74) is 4.17. The summed E-state index contributed by atoms with van der Waals surface area (Å²) >= 11 is 3.66. The van der Waals surface area contributed by atoms with E-state index >= 15 is 0 Å². The highest BCUT2D eigenvalue weighted by molar-refractivity contribution is 9.10. The lowest BCUT2D eigenvalue weighted by Crippen LogP contribution is -2.07. The second kappa shape index (κ2) is 7.64. The molecule has 4 rings (SSSR count). The molecule has 0 fully saturated rings. The number of nitrogens with zero attached hydrogens (tertiary/aromatic N) is 2. The molecule has 5 nitrogen and oxygen atoms in total. The molecule has 2 aromatic carbocycles. The minimum absolute atomic E-state index is 0.762. The predicted molar refractivity (Wildman–Crippen MR) is 111 cm³/mol. The number of anilines is 1. The van der Waals surface area contributed by atoms with Gasteiger partial charge in [-0.15, -0.1) is 0 Å². The van der Waals surface area contributed by atoms with E-state index in [1.165, 1.54) is 5.56 Å². The molecule has 0 amide bonds. The van der Waals surface area contributed by atoms with Crippen molar-refractivity contribution in [1.29, 1.82) is 0 Å². The molecule has 1 aliphatic heterocycles. The zero-order chi connectivity index (χ0) is 18.8. The van der Waals surface area contributed by atoms with Gasteiger partial charge in [0.25, 0.3) is 0 Å². The molecule has 0 spiro atoms.